The molecule has 1 heterocycles. The lowest BCUT2D eigenvalue weighted by Crippen LogP contribution is -2.14. The molecule has 26 heavy (non-hydrogen) atoms. The topological polar surface area (TPSA) is 88.9 Å². The van der Waals surface area contributed by atoms with Crippen molar-refractivity contribution in [3.63, 3.8) is 0 Å². The summed E-state index contributed by atoms with van der Waals surface area (Å²) in [7, 11) is 0. The van der Waals surface area contributed by atoms with E-state index in [0.29, 0.717) is 5.69 Å². The van der Waals surface area contributed by atoms with E-state index in [1.807, 2.05) is 31.2 Å². The number of amides is 2. The number of hydrogen-bond donors (Lipinski definition) is 2. The third kappa shape index (κ3) is 3.92. The fourth-order valence-electron chi connectivity index (χ4n) is 2.28. The Morgan fingerprint density at radius 1 is 1.08 bits per heavy atom. The van der Waals surface area contributed by atoms with Crippen LogP contribution in [0.15, 0.2) is 48.7 Å². The normalized spacial score (nSPS) is 10.4. The molecule has 0 spiro atoms. The lowest BCUT2D eigenvalue weighted by molar-refractivity contribution is -0.114. The Hall–Kier alpha value is -3.55. The predicted octanol–water partition coefficient (Wildman–Crippen LogP) is 2.93. The summed E-state index contributed by atoms with van der Waals surface area (Å²) in [6.45, 7) is 3.30. The number of anilines is 2. The highest BCUT2D eigenvalue weighted by Crippen LogP contribution is 2.20. The molecule has 3 rings (SSSR count). The zero-order valence-electron chi connectivity index (χ0n) is 14.2. The maximum absolute atomic E-state index is 13.9. The summed E-state index contributed by atoms with van der Waals surface area (Å²) >= 11 is 0. The zero-order valence-corrected chi connectivity index (χ0v) is 14.2. The molecule has 0 atom stereocenters. The molecule has 2 N–H and O–H groups in total. The summed E-state index contributed by atoms with van der Waals surface area (Å²) in [5.74, 6) is -1.53. The second kappa shape index (κ2) is 7.14. The Balaban J connectivity index is 1.78. The van der Waals surface area contributed by atoms with Gasteiger partial charge in [-0.3, -0.25) is 9.59 Å². The molecule has 1 aromatic heterocycles. The van der Waals surface area contributed by atoms with Crippen LogP contribution in [0.4, 0.5) is 15.8 Å². The number of aromatic nitrogens is 3. The van der Waals surface area contributed by atoms with E-state index in [-0.39, 0.29) is 17.3 Å². The monoisotopic (exact) mass is 353 g/mol. The van der Waals surface area contributed by atoms with E-state index >= 15 is 0 Å². The van der Waals surface area contributed by atoms with Crippen LogP contribution in [0.3, 0.4) is 0 Å². The second-order valence-electron chi connectivity index (χ2n) is 5.71. The number of benzene rings is 2. The zero-order chi connectivity index (χ0) is 18.7. The van der Waals surface area contributed by atoms with Gasteiger partial charge in [0.05, 0.1) is 17.6 Å². The predicted molar refractivity (Wildman–Crippen MR) is 94.8 cm³/mol. The lowest BCUT2D eigenvalue weighted by atomic mass is 10.2. The highest BCUT2D eigenvalue weighted by molar-refractivity contribution is 6.03. The summed E-state index contributed by atoms with van der Waals surface area (Å²) < 4.78 is 15.4. The fraction of sp³-hybridized carbons (Fsp3) is 0.111. The van der Waals surface area contributed by atoms with Gasteiger partial charge in [-0.2, -0.15) is 0 Å². The van der Waals surface area contributed by atoms with Crippen molar-refractivity contribution in [2.24, 2.45) is 0 Å². The maximum Gasteiger partial charge on any atom is 0.277 e. The summed E-state index contributed by atoms with van der Waals surface area (Å²) in [6, 6.07) is 11.4. The first kappa shape index (κ1) is 17.3. The Morgan fingerprint density at radius 3 is 2.50 bits per heavy atom. The van der Waals surface area contributed by atoms with Crippen LogP contribution in [0.2, 0.25) is 0 Å². The molecule has 0 bridgehead atoms. The lowest BCUT2D eigenvalue weighted by Gasteiger charge is -2.08. The largest absolute Gasteiger partial charge is 0.326 e. The number of rotatable bonds is 4. The molecule has 7 nitrogen and oxygen atoms in total. The smallest absolute Gasteiger partial charge is 0.277 e. The van der Waals surface area contributed by atoms with Crippen LogP contribution in [0.1, 0.15) is 23.0 Å². The molecule has 2 aromatic carbocycles. The molecule has 0 saturated heterocycles. The van der Waals surface area contributed by atoms with Crippen molar-refractivity contribution in [3.05, 3.63) is 65.7 Å². The van der Waals surface area contributed by atoms with E-state index in [4.69, 9.17) is 0 Å². The van der Waals surface area contributed by atoms with E-state index in [9.17, 15) is 14.0 Å². The van der Waals surface area contributed by atoms with Gasteiger partial charge < -0.3 is 10.6 Å². The molecule has 2 amide bonds. The Kier molecular flexibility index (Phi) is 4.74. The summed E-state index contributed by atoms with van der Waals surface area (Å²) in [6.07, 6.45) is 1.45. The van der Waals surface area contributed by atoms with Crippen molar-refractivity contribution in [1.29, 1.82) is 0 Å². The van der Waals surface area contributed by atoms with Crippen molar-refractivity contribution < 1.29 is 14.0 Å². The third-order valence-electron chi connectivity index (χ3n) is 3.56. The van der Waals surface area contributed by atoms with E-state index in [1.54, 1.807) is 0 Å². The van der Waals surface area contributed by atoms with Gasteiger partial charge in [0.25, 0.3) is 5.91 Å². The first-order valence-corrected chi connectivity index (χ1v) is 7.80. The molecule has 0 aliphatic rings. The molecular formula is C18H16FN5O2. The SMILES string of the molecule is CC(=O)Nc1ccc(F)c(NC(=O)c2cn(-c3ccc(C)cc3)nn2)c1. The molecule has 0 unspecified atom stereocenters. The average Bonchev–Trinajstić information content (AvgIpc) is 3.08. The van der Waals surface area contributed by atoms with E-state index < -0.39 is 11.7 Å². The van der Waals surface area contributed by atoms with Crippen LogP contribution in [0.5, 0.6) is 0 Å². The van der Waals surface area contributed by atoms with Crippen LogP contribution in [-0.2, 0) is 4.79 Å². The van der Waals surface area contributed by atoms with Gasteiger partial charge in [-0.25, -0.2) is 9.07 Å². The van der Waals surface area contributed by atoms with Crippen LogP contribution >= 0.6 is 0 Å². The molecule has 0 fully saturated rings. The first-order chi connectivity index (χ1) is 12.4. The van der Waals surface area contributed by atoms with Gasteiger partial charge in [-0.15, -0.1) is 5.10 Å². The maximum atomic E-state index is 13.9. The van der Waals surface area contributed by atoms with Crippen molar-refractivity contribution >= 4 is 23.2 Å². The van der Waals surface area contributed by atoms with Crippen molar-refractivity contribution in [1.82, 2.24) is 15.0 Å². The number of carbonyl (C=O) groups excluding carboxylic acids is 2. The Bertz CT molecular complexity index is 966. The van der Waals surface area contributed by atoms with Crippen molar-refractivity contribution in [3.8, 4) is 5.69 Å². The number of carbonyl (C=O) groups is 2. The van der Waals surface area contributed by atoms with Crippen molar-refractivity contribution in [2.45, 2.75) is 13.8 Å². The first-order valence-electron chi connectivity index (χ1n) is 7.80. The molecule has 0 aliphatic heterocycles. The van der Waals surface area contributed by atoms with Gasteiger partial charge in [0.2, 0.25) is 5.91 Å². The van der Waals surface area contributed by atoms with Gasteiger partial charge in [-0.1, -0.05) is 22.9 Å². The quantitative estimate of drug-likeness (QED) is 0.755. The number of nitrogens with one attached hydrogen (secondary N) is 2. The van der Waals surface area contributed by atoms with Crippen LogP contribution in [0, 0.1) is 12.7 Å². The molecule has 132 valence electrons. The molecule has 3 aromatic rings. The molecule has 8 heteroatoms. The van der Waals surface area contributed by atoms with Crippen LogP contribution < -0.4 is 10.6 Å². The van der Waals surface area contributed by atoms with Gasteiger partial charge in [0.1, 0.15) is 5.82 Å². The third-order valence-corrected chi connectivity index (χ3v) is 3.56. The number of halogens is 1. The van der Waals surface area contributed by atoms with E-state index in [2.05, 4.69) is 20.9 Å². The highest BCUT2D eigenvalue weighted by Gasteiger charge is 2.14. The second-order valence-corrected chi connectivity index (χ2v) is 5.71. The van der Waals surface area contributed by atoms with Gasteiger partial charge in [0.15, 0.2) is 5.69 Å². The molecule has 0 radical (unpaired) electrons. The fourth-order valence-corrected chi connectivity index (χ4v) is 2.28. The number of aryl methyl sites for hydroxylation is 1. The van der Waals surface area contributed by atoms with Crippen LogP contribution in [0.25, 0.3) is 5.69 Å². The Morgan fingerprint density at radius 2 is 1.81 bits per heavy atom. The van der Waals surface area contributed by atoms with E-state index in [0.717, 1.165) is 17.3 Å². The summed E-state index contributed by atoms with van der Waals surface area (Å²) in [5.41, 5.74) is 2.20. The number of hydrogen-bond acceptors (Lipinski definition) is 4. The molecular weight excluding hydrogens is 337 g/mol. The van der Waals surface area contributed by atoms with Gasteiger partial charge >= 0.3 is 0 Å². The molecule has 0 saturated carbocycles. The van der Waals surface area contributed by atoms with Crippen LogP contribution in [-0.4, -0.2) is 26.8 Å². The molecule has 0 aliphatic carbocycles. The highest BCUT2D eigenvalue weighted by atomic mass is 19.1. The van der Waals surface area contributed by atoms with Gasteiger partial charge in [0, 0.05) is 12.6 Å². The summed E-state index contributed by atoms with van der Waals surface area (Å²) in [4.78, 5) is 23.4. The minimum absolute atomic E-state index is 0.0369. The minimum Gasteiger partial charge on any atom is -0.326 e. The van der Waals surface area contributed by atoms with E-state index in [1.165, 1.54) is 29.9 Å². The summed E-state index contributed by atoms with van der Waals surface area (Å²) in [5, 5.41) is 12.7. The average molecular weight is 353 g/mol. The number of nitrogens with zero attached hydrogens (tertiary/aromatic N) is 3. The van der Waals surface area contributed by atoms with Gasteiger partial charge in [-0.05, 0) is 37.3 Å². The minimum atomic E-state index is -0.627. The van der Waals surface area contributed by atoms with Crippen molar-refractivity contribution in [2.75, 3.05) is 10.6 Å². The standard InChI is InChI=1S/C18H16FN5O2/c1-11-3-6-14(7-4-11)24-10-17(22-23-24)18(26)21-16-9-13(20-12(2)25)5-8-15(16)19/h3-10H,1-2H3,(H,20,25)(H,21,26). The Labute approximate surface area is 148 Å².